The molecule has 1 atom stereocenters. The molecular weight excluding hydrogens is 417 g/mol. The maximum Gasteiger partial charge on any atom is 0.416 e. The fourth-order valence-electron chi connectivity index (χ4n) is 3.96. The summed E-state index contributed by atoms with van der Waals surface area (Å²) in [6, 6.07) is 16.1. The number of aromatic nitrogens is 2. The monoisotopic (exact) mass is 446 g/mol. The third-order valence-electron chi connectivity index (χ3n) is 6.15. The van der Waals surface area contributed by atoms with E-state index in [9.17, 15) is 13.2 Å². The van der Waals surface area contributed by atoms with Gasteiger partial charge in [-0.05, 0) is 41.4 Å². The van der Waals surface area contributed by atoms with E-state index in [0.717, 1.165) is 52.8 Å². The number of rotatable bonds is 8. The summed E-state index contributed by atoms with van der Waals surface area (Å²) in [6.07, 6.45) is -1.21. The largest absolute Gasteiger partial charge is 0.416 e. The Morgan fingerprint density at radius 2 is 1.58 bits per heavy atom. The minimum Gasteiger partial charge on any atom is -0.406 e. The number of hydrogen-bond donors (Lipinski definition) is 0. The van der Waals surface area contributed by atoms with Crippen LogP contribution in [0.15, 0.2) is 60.9 Å². The van der Waals surface area contributed by atoms with Crippen LogP contribution in [0.4, 0.5) is 13.2 Å². The van der Waals surface area contributed by atoms with E-state index in [1.54, 1.807) is 18.3 Å². The van der Waals surface area contributed by atoms with Crippen LogP contribution in [0.3, 0.4) is 0 Å². The second-order valence-electron chi connectivity index (χ2n) is 7.81. The summed E-state index contributed by atoms with van der Waals surface area (Å²) in [5.41, 5.74) is 1.91. The van der Waals surface area contributed by atoms with E-state index >= 15 is 0 Å². The standard InChI is InChI=1S/C24H29F3N2OSi/c1-5-31(6-2,7-3)30-22(18-12-14-19(15-13-18)24(25,26)27)20-10-8-9-11-21(20)23-28-16-17-29(23)4/h8-17,22H,5-7H2,1-4H3. The molecular formula is C24H29F3N2OSi. The van der Waals surface area contributed by atoms with Gasteiger partial charge >= 0.3 is 6.18 Å². The van der Waals surface area contributed by atoms with Crippen molar-refractivity contribution in [2.45, 2.75) is 51.2 Å². The molecule has 31 heavy (non-hydrogen) atoms. The van der Waals surface area contributed by atoms with Crippen molar-refractivity contribution >= 4 is 8.32 Å². The van der Waals surface area contributed by atoms with Crippen LogP contribution >= 0.6 is 0 Å². The summed E-state index contributed by atoms with van der Waals surface area (Å²) in [5.74, 6) is 0.799. The highest BCUT2D eigenvalue weighted by molar-refractivity contribution is 6.73. The minimum atomic E-state index is -4.37. The molecule has 0 aliphatic carbocycles. The highest BCUT2D eigenvalue weighted by Gasteiger charge is 2.35. The zero-order valence-corrected chi connectivity index (χ0v) is 19.4. The van der Waals surface area contributed by atoms with Crippen molar-refractivity contribution in [1.82, 2.24) is 9.55 Å². The third kappa shape index (κ3) is 4.93. The SMILES string of the molecule is CC[Si](CC)(CC)OC(c1ccc(C(F)(F)F)cc1)c1ccccc1-c1nccn1C. The molecule has 1 aromatic heterocycles. The van der Waals surface area contributed by atoms with Crippen LogP contribution in [0.5, 0.6) is 0 Å². The maximum atomic E-state index is 13.1. The van der Waals surface area contributed by atoms with Crippen LogP contribution in [0, 0.1) is 0 Å². The highest BCUT2D eigenvalue weighted by atomic mass is 28.4. The first-order chi connectivity index (χ1) is 14.7. The molecule has 0 saturated carbocycles. The lowest BCUT2D eigenvalue weighted by atomic mass is 9.95. The number of benzene rings is 2. The van der Waals surface area contributed by atoms with Crippen LogP contribution < -0.4 is 0 Å². The topological polar surface area (TPSA) is 27.1 Å². The average Bonchev–Trinajstić information content (AvgIpc) is 3.20. The van der Waals surface area contributed by atoms with E-state index in [1.165, 1.54) is 0 Å². The lowest BCUT2D eigenvalue weighted by Gasteiger charge is -2.34. The molecule has 0 saturated heterocycles. The van der Waals surface area contributed by atoms with Gasteiger partial charge in [0.05, 0.1) is 11.7 Å². The van der Waals surface area contributed by atoms with Crippen molar-refractivity contribution in [3.05, 3.63) is 77.6 Å². The van der Waals surface area contributed by atoms with Gasteiger partial charge < -0.3 is 8.99 Å². The normalized spacial score (nSPS) is 13.4. The van der Waals surface area contributed by atoms with Crippen molar-refractivity contribution in [2.24, 2.45) is 7.05 Å². The van der Waals surface area contributed by atoms with Gasteiger partial charge in [-0.15, -0.1) is 0 Å². The predicted molar refractivity (Wildman–Crippen MR) is 120 cm³/mol. The summed E-state index contributed by atoms with van der Waals surface area (Å²) in [6.45, 7) is 6.44. The van der Waals surface area contributed by atoms with Crippen LogP contribution in [0.1, 0.15) is 43.6 Å². The number of hydrogen-bond acceptors (Lipinski definition) is 2. The predicted octanol–water partition coefficient (Wildman–Crippen LogP) is 7.22. The van der Waals surface area contributed by atoms with Crippen molar-refractivity contribution in [2.75, 3.05) is 0 Å². The molecule has 0 spiro atoms. The Kier molecular flexibility index (Phi) is 7.06. The first-order valence-electron chi connectivity index (χ1n) is 10.7. The fourth-order valence-corrected chi connectivity index (χ4v) is 6.73. The molecule has 0 N–H and O–H groups in total. The molecule has 0 bridgehead atoms. The van der Waals surface area contributed by atoms with Gasteiger partial charge in [-0.2, -0.15) is 13.2 Å². The highest BCUT2D eigenvalue weighted by Crippen LogP contribution is 2.39. The molecule has 2 aromatic carbocycles. The molecule has 166 valence electrons. The van der Waals surface area contributed by atoms with Gasteiger partial charge in [0.2, 0.25) is 0 Å². The van der Waals surface area contributed by atoms with Crippen molar-refractivity contribution in [1.29, 1.82) is 0 Å². The number of halogens is 3. The fraction of sp³-hybridized carbons (Fsp3) is 0.375. The Morgan fingerprint density at radius 3 is 2.10 bits per heavy atom. The second kappa shape index (κ2) is 9.40. The van der Waals surface area contributed by atoms with E-state index in [1.807, 2.05) is 42.1 Å². The zero-order chi connectivity index (χ0) is 22.6. The molecule has 3 rings (SSSR count). The van der Waals surface area contributed by atoms with Crippen LogP contribution in [0.2, 0.25) is 18.1 Å². The summed E-state index contributed by atoms with van der Waals surface area (Å²) >= 11 is 0. The van der Waals surface area contributed by atoms with Gasteiger partial charge in [0.1, 0.15) is 5.82 Å². The van der Waals surface area contributed by atoms with E-state index in [0.29, 0.717) is 0 Å². The Labute approximate surface area is 183 Å². The second-order valence-corrected chi connectivity index (χ2v) is 12.5. The first-order valence-corrected chi connectivity index (χ1v) is 13.2. The smallest absolute Gasteiger partial charge is 0.406 e. The van der Waals surface area contributed by atoms with E-state index in [2.05, 4.69) is 25.8 Å². The number of nitrogens with zero attached hydrogens (tertiary/aromatic N) is 2. The quantitative estimate of drug-likeness (QED) is 0.342. The number of alkyl halides is 3. The van der Waals surface area contributed by atoms with Crippen LogP contribution in [-0.2, 0) is 17.6 Å². The van der Waals surface area contributed by atoms with Gasteiger partial charge in [-0.25, -0.2) is 4.98 Å². The van der Waals surface area contributed by atoms with E-state index < -0.39 is 26.2 Å². The molecule has 1 heterocycles. The number of aryl methyl sites for hydroxylation is 1. The van der Waals surface area contributed by atoms with E-state index in [4.69, 9.17) is 4.43 Å². The average molecular weight is 447 g/mol. The summed E-state index contributed by atoms with van der Waals surface area (Å²) < 4.78 is 48.2. The van der Waals surface area contributed by atoms with Gasteiger partial charge in [-0.1, -0.05) is 57.2 Å². The molecule has 0 fully saturated rings. The Morgan fingerprint density at radius 1 is 0.968 bits per heavy atom. The molecule has 1 unspecified atom stereocenters. The first kappa shape index (κ1) is 23.3. The lowest BCUT2D eigenvalue weighted by molar-refractivity contribution is -0.137. The van der Waals surface area contributed by atoms with Crippen molar-refractivity contribution in [3.8, 4) is 11.4 Å². The Bertz CT molecular complexity index is 986. The zero-order valence-electron chi connectivity index (χ0n) is 18.4. The van der Waals surface area contributed by atoms with Crippen molar-refractivity contribution in [3.63, 3.8) is 0 Å². The van der Waals surface area contributed by atoms with Crippen LogP contribution in [-0.4, -0.2) is 17.9 Å². The summed E-state index contributed by atoms with van der Waals surface area (Å²) in [7, 11) is -0.140. The maximum absolute atomic E-state index is 13.1. The van der Waals surface area contributed by atoms with Crippen molar-refractivity contribution < 1.29 is 17.6 Å². The third-order valence-corrected chi connectivity index (χ3v) is 10.7. The van der Waals surface area contributed by atoms with Gasteiger partial charge in [-0.3, -0.25) is 0 Å². The summed E-state index contributed by atoms with van der Waals surface area (Å²) in [4.78, 5) is 4.50. The molecule has 0 aliphatic heterocycles. The molecule has 3 aromatic rings. The minimum absolute atomic E-state index is 0.457. The molecule has 0 radical (unpaired) electrons. The Hall–Kier alpha value is -2.38. The number of imidazole rings is 1. The molecule has 7 heteroatoms. The Balaban J connectivity index is 2.15. The van der Waals surface area contributed by atoms with Gasteiger partial charge in [0.15, 0.2) is 8.32 Å². The van der Waals surface area contributed by atoms with Gasteiger partial charge in [0, 0.05) is 25.0 Å². The molecule has 0 amide bonds. The van der Waals surface area contributed by atoms with Crippen LogP contribution in [0.25, 0.3) is 11.4 Å². The van der Waals surface area contributed by atoms with E-state index in [-0.39, 0.29) is 0 Å². The molecule has 3 nitrogen and oxygen atoms in total. The lowest BCUT2D eigenvalue weighted by Crippen LogP contribution is -2.37. The molecule has 0 aliphatic rings. The summed E-state index contributed by atoms with van der Waals surface area (Å²) in [5, 5.41) is 0. The van der Waals surface area contributed by atoms with Gasteiger partial charge in [0.25, 0.3) is 0 Å².